The molecule has 16 heavy (non-hydrogen) atoms. The highest BCUT2D eigenvalue weighted by atomic mass is 32.2. The van der Waals surface area contributed by atoms with Crippen LogP contribution in [0.15, 0.2) is 46.5 Å². The first-order chi connectivity index (χ1) is 7.81. The van der Waals surface area contributed by atoms with Gasteiger partial charge in [0.25, 0.3) is 0 Å². The molecule has 0 fully saturated rings. The standard InChI is InChI=1S/C11H10FN3S/c12-9-3-1-2-4-10(9)16-11-8(7-13)5-6-14-15-11/h1-6H,7,13H2. The minimum absolute atomic E-state index is 0.263. The van der Waals surface area contributed by atoms with Crippen molar-refractivity contribution in [3.05, 3.63) is 47.9 Å². The largest absolute Gasteiger partial charge is 0.326 e. The fourth-order valence-electron chi connectivity index (χ4n) is 1.22. The molecule has 0 atom stereocenters. The summed E-state index contributed by atoms with van der Waals surface area (Å²) in [5.41, 5.74) is 6.43. The Morgan fingerprint density at radius 1 is 1.25 bits per heavy atom. The van der Waals surface area contributed by atoms with Crippen molar-refractivity contribution in [2.45, 2.75) is 16.5 Å². The molecule has 1 aromatic heterocycles. The SMILES string of the molecule is NCc1ccnnc1Sc1ccccc1F. The molecule has 0 saturated carbocycles. The molecule has 0 aliphatic heterocycles. The lowest BCUT2D eigenvalue weighted by Crippen LogP contribution is -2.01. The minimum Gasteiger partial charge on any atom is -0.326 e. The summed E-state index contributed by atoms with van der Waals surface area (Å²) in [4.78, 5) is 0.526. The highest BCUT2D eigenvalue weighted by Gasteiger charge is 2.08. The Balaban J connectivity index is 2.30. The lowest BCUT2D eigenvalue weighted by Gasteiger charge is -2.05. The Morgan fingerprint density at radius 2 is 2.06 bits per heavy atom. The molecule has 0 saturated heterocycles. The van der Waals surface area contributed by atoms with Crippen molar-refractivity contribution >= 4 is 11.8 Å². The van der Waals surface area contributed by atoms with Gasteiger partial charge in [0, 0.05) is 23.2 Å². The number of nitrogens with two attached hydrogens (primary N) is 1. The van der Waals surface area contributed by atoms with E-state index in [4.69, 9.17) is 5.73 Å². The highest BCUT2D eigenvalue weighted by molar-refractivity contribution is 7.99. The van der Waals surface area contributed by atoms with E-state index < -0.39 is 0 Å². The maximum atomic E-state index is 13.4. The Hall–Kier alpha value is -1.46. The van der Waals surface area contributed by atoms with Gasteiger partial charge in [-0.2, -0.15) is 5.10 Å². The van der Waals surface area contributed by atoms with E-state index in [0.717, 1.165) is 5.56 Å². The summed E-state index contributed by atoms with van der Waals surface area (Å²) in [5, 5.41) is 8.37. The first kappa shape index (κ1) is 11.0. The molecular weight excluding hydrogens is 225 g/mol. The second kappa shape index (κ2) is 5.05. The van der Waals surface area contributed by atoms with Gasteiger partial charge in [0.15, 0.2) is 0 Å². The van der Waals surface area contributed by atoms with Crippen LogP contribution in [0.1, 0.15) is 5.56 Å². The highest BCUT2D eigenvalue weighted by Crippen LogP contribution is 2.29. The molecule has 0 aliphatic carbocycles. The smallest absolute Gasteiger partial charge is 0.137 e. The molecule has 82 valence electrons. The lowest BCUT2D eigenvalue weighted by molar-refractivity contribution is 0.601. The zero-order valence-electron chi connectivity index (χ0n) is 8.43. The summed E-state index contributed by atoms with van der Waals surface area (Å²) in [6.45, 7) is 0.367. The molecule has 2 rings (SSSR count). The van der Waals surface area contributed by atoms with Crippen molar-refractivity contribution in [2.75, 3.05) is 0 Å². The average molecular weight is 235 g/mol. The van der Waals surface area contributed by atoms with Crippen molar-refractivity contribution in [2.24, 2.45) is 5.73 Å². The van der Waals surface area contributed by atoms with Crippen molar-refractivity contribution in [3.63, 3.8) is 0 Å². The number of hydrogen-bond donors (Lipinski definition) is 1. The van der Waals surface area contributed by atoms with Crippen molar-refractivity contribution in [3.8, 4) is 0 Å². The van der Waals surface area contributed by atoms with Gasteiger partial charge in [-0.25, -0.2) is 4.39 Å². The number of hydrogen-bond acceptors (Lipinski definition) is 4. The first-order valence-electron chi connectivity index (χ1n) is 4.74. The fraction of sp³-hybridized carbons (Fsp3) is 0.0909. The van der Waals surface area contributed by atoms with Crippen molar-refractivity contribution in [1.82, 2.24) is 10.2 Å². The molecule has 3 nitrogen and oxygen atoms in total. The summed E-state index contributed by atoms with van der Waals surface area (Å²) in [5.74, 6) is -0.263. The summed E-state index contributed by atoms with van der Waals surface area (Å²) >= 11 is 1.24. The molecule has 0 unspecified atom stereocenters. The molecule has 1 aromatic carbocycles. The lowest BCUT2D eigenvalue weighted by atomic mass is 10.3. The normalized spacial score (nSPS) is 10.4. The predicted octanol–water partition coefficient (Wildman–Crippen LogP) is 2.23. The van der Waals surface area contributed by atoms with Gasteiger partial charge in [0.05, 0.1) is 0 Å². The number of aromatic nitrogens is 2. The Labute approximate surface area is 96.9 Å². The van der Waals surface area contributed by atoms with Gasteiger partial charge in [0.2, 0.25) is 0 Å². The van der Waals surface area contributed by atoms with E-state index in [1.54, 1.807) is 30.5 Å². The van der Waals surface area contributed by atoms with Crippen LogP contribution in [0.2, 0.25) is 0 Å². The zero-order chi connectivity index (χ0) is 11.4. The van der Waals surface area contributed by atoms with E-state index in [1.807, 2.05) is 0 Å². The average Bonchev–Trinajstić information content (AvgIpc) is 2.33. The van der Waals surface area contributed by atoms with E-state index in [-0.39, 0.29) is 5.82 Å². The minimum atomic E-state index is -0.263. The van der Waals surface area contributed by atoms with Crippen LogP contribution in [0.3, 0.4) is 0 Å². The number of rotatable bonds is 3. The van der Waals surface area contributed by atoms with E-state index in [9.17, 15) is 4.39 Å². The maximum absolute atomic E-state index is 13.4. The number of halogens is 1. The maximum Gasteiger partial charge on any atom is 0.137 e. The van der Waals surface area contributed by atoms with Gasteiger partial charge in [-0.15, -0.1) is 5.10 Å². The predicted molar refractivity (Wildman–Crippen MR) is 60.4 cm³/mol. The molecule has 5 heteroatoms. The van der Waals surface area contributed by atoms with E-state index in [0.29, 0.717) is 16.5 Å². The summed E-state index contributed by atoms with van der Waals surface area (Å²) in [6.07, 6.45) is 1.58. The van der Waals surface area contributed by atoms with Crippen LogP contribution in [-0.2, 0) is 6.54 Å². The van der Waals surface area contributed by atoms with Crippen molar-refractivity contribution in [1.29, 1.82) is 0 Å². The topological polar surface area (TPSA) is 51.8 Å². The quantitative estimate of drug-likeness (QED) is 0.886. The second-order valence-electron chi connectivity index (χ2n) is 3.10. The van der Waals surface area contributed by atoms with Crippen LogP contribution in [-0.4, -0.2) is 10.2 Å². The molecule has 1 heterocycles. The van der Waals surface area contributed by atoms with Gasteiger partial charge in [0.1, 0.15) is 10.8 Å². The Bertz CT molecular complexity index is 490. The Morgan fingerprint density at radius 3 is 2.81 bits per heavy atom. The Kier molecular flexibility index (Phi) is 3.48. The zero-order valence-corrected chi connectivity index (χ0v) is 9.25. The van der Waals surface area contributed by atoms with Gasteiger partial charge in [-0.1, -0.05) is 23.9 Å². The summed E-state index contributed by atoms with van der Waals surface area (Å²) < 4.78 is 13.4. The monoisotopic (exact) mass is 235 g/mol. The third-order valence-electron chi connectivity index (χ3n) is 2.03. The van der Waals surface area contributed by atoms with E-state index in [2.05, 4.69) is 10.2 Å². The summed E-state index contributed by atoms with van der Waals surface area (Å²) in [7, 11) is 0. The number of nitrogens with zero attached hydrogens (tertiary/aromatic N) is 2. The molecule has 2 aromatic rings. The molecule has 2 N–H and O–H groups in total. The fourth-order valence-corrected chi connectivity index (χ4v) is 2.11. The molecule has 0 amide bonds. The van der Waals surface area contributed by atoms with Gasteiger partial charge in [-0.3, -0.25) is 0 Å². The van der Waals surface area contributed by atoms with Gasteiger partial charge < -0.3 is 5.73 Å². The van der Waals surface area contributed by atoms with Gasteiger partial charge >= 0.3 is 0 Å². The van der Waals surface area contributed by atoms with E-state index in [1.165, 1.54) is 17.8 Å². The van der Waals surface area contributed by atoms with E-state index >= 15 is 0 Å². The molecule has 0 aliphatic rings. The van der Waals surface area contributed by atoms with Crippen LogP contribution in [0.25, 0.3) is 0 Å². The third-order valence-corrected chi connectivity index (χ3v) is 3.12. The molecule has 0 bridgehead atoms. The molecule has 0 radical (unpaired) electrons. The van der Waals surface area contributed by atoms with Crippen LogP contribution in [0.5, 0.6) is 0 Å². The van der Waals surface area contributed by atoms with Crippen LogP contribution >= 0.6 is 11.8 Å². The van der Waals surface area contributed by atoms with Crippen LogP contribution in [0, 0.1) is 5.82 Å². The van der Waals surface area contributed by atoms with Gasteiger partial charge in [-0.05, 0) is 18.2 Å². The molecular formula is C11H10FN3S. The third kappa shape index (κ3) is 2.37. The first-order valence-corrected chi connectivity index (χ1v) is 5.56. The van der Waals surface area contributed by atoms with Crippen LogP contribution in [0.4, 0.5) is 4.39 Å². The molecule has 0 spiro atoms. The number of benzene rings is 1. The summed E-state index contributed by atoms with van der Waals surface area (Å²) in [6, 6.07) is 8.34. The van der Waals surface area contributed by atoms with Crippen LogP contribution < -0.4 is 5.73 Å². The second-order valence-corrected chi connectivity index (χ2v) is 4.13. The van der Waals surface area contributed by atoms with Crippen molar-refractivity contribution < 1.29 is 4.39 Å².